The molecule has 0 aliphatic rings. The summed E-state index contributed by atoms with van der Waals surface area (Å²) in [5.74, 6) is 0. The van der Waals surface area contributed by atoms with Crippen LogP contribution in [0.2, 0.25) is 16.1 Å². The van der Waals surface area contributed by atoms with Crippen LogP contribution in [0, 0.1) is 6.92 Å². The van der Waals surface area contributed by atoms with Gasteiger partial charge in [0, 0.05) is 6.04 Å². The van der Waals surface area contributed by atoms with Crippen molar-refractivity contribution in [3.05, 3.63) is 151 Å². The van der Waals surface area contributed by atoms with Gasteiger partial charge in [0.2, 0.25) is 10.0 Å². The Morgan fingerprint density at radius 1 is 0.615 bits per heavy atom. The van der Waals surface area contributed by atoms with Crippen molar-refractivity contribution in [2.75, 3.05) is 6.61 Å². The summed E-state index contributed by atoms with van der Waals surface area (Å²) >= 11 is 0. The molecule has 52 heavy (non-hydrogen) atoms. The van der Waals surface area contributed by atoms with E-state index in [1.54, 1.807) is 12.1 Å². The Labute approximate surface area is 314 Å². The summed E-state index contributed by atoms with van der Waals surface area (Å²) < 4.78 is 38.6. The van der Waals surface area contributed by atoms with Gasteiger partial charge in [0.05, 0.1) is 17.6 Å². The van der Waals surface area contributed by atoms with Gasteiger partial charge in [-0.2, -0.15) is 0 Å². The number of nitrogens with one attached hydrogen (secondary N) is 1. The number of hydrogen-bond donors (Lipinski definition) is 2. The van der Waals surface area contributed by atoms with Gasteiger partial charge in [-0.1, -0.05) is 191 Å². The minimum Gasteiger partial charge on any atom is -0.405 e. The zero-order chi connectivity index (χ0) is 37.6. The molecule has 0 bridgehead atoms. The van der Waals surface area contributed by atoms with Crippen LogP contribution in [-0.2, 0) is 14.4 Å². The molecule has 0 saturated heterocycles. The predicted molar refractivity (Wildman–Crippen MR) is 222 cm³/mol. The molecule has 2 atom stereocenters. The highest BCUT2D eigenvalue weighted by molar-refractivity contribution is 7.89. The van der Waals surface area contributed by atoms with Crippen molar-refractivity contribution in [3.63, 3.8) is 0 Å². The molecule has 5 rings (SSSR count). The first kappa shape index (κ1) is 39.6. The van der Waals surface area contributed by atoms with Crippen LogP contribution in [0.4, 0.5) is 0 Å². The van der Waals surface area contributed by atoms with Crippen LogP contribution < -0.4 is 25.5 Å². The lowest BCUT2D eigenvalue weighted by Crippen LogP contribution is -2.67. The van der Waals surface area contributed by atoms with Crippen molar-refractivity contribution >= 4 is 47.2 Å². The molecule has 0 fully saturated rings. The van der Waals surface area contributed by atoms with Crippen LogP contribution in [0.5, 0.6) is 0 Å². The molecule has 0 aromatic heterocycles. The molecule has 5 nitrogen and oxygen atoms in total. The fraction of sp³-hybridized carbons (Fsp3) is 0.318. The molecule has 1 unspecified atom stereocenters. The fourth-order valence-corrected chi connectivity index (χ4v) is 19.6. The Balaban J connectivity index is 1.58. The van der Waals surface area contributed by atoms with Crippen LogP contribution in [0.3, 0.4) is 0 Å². The third-order valence-corrected chi connectivity index (χ3v) is 23.3. The minimum atomic E-state index is -3.93. The molecule has 2 N–H and O–H groups in total. The summed E-state index contributed by atoms with van der Waals surface area (Å²) in [5, 5.41) is 16.3. The average molecular weight is 750 g/mol. The fourth-order valence-electron chi connectivity index (χ4n) is 7.95. The topological polar surface area (TPSA) is 75.6 Å². The first-order chi connectivity index (χ1) is 24.6. The van der Waals surface area contributed by atoms with E-state index in [9.17, 15) is 13.5 Å². The van der Waals surface area contributed by atoms with Gasteiger partial charge in [-0.15, -0.1) is 0 Å². The van der Waals surface area contributed by atoms with Gasteiger partial charge in [-0.25, -0.2) is 13.1 Å². The SMILES string of the molecule is Cc1ccc(S(=O)(=O)N[C@H](CC(O)CO[Si](c2ccccc2)(c2ccccc2)C(C)(C)C)C[Si](c2ccccc2)(c2ccccc2)C(C)(C)C)cc1. The lowest BCUT2D eigenvalue weighted by molar-refractivity contribution is 0.0892. The van der Waals surface area contributed by atoms with E-state index in [1.165, 1.54) is 10.4 Å². The number of sulfonamides is 1. The number of benzene rings is 5. The lowest BCUT2D eigenvalue weighted by atomic mass is 10.1. The van der Waals surface area contributed by atoms with Crippen LogP contribution in [0.25, 0.3) is 0 Å². The van der Waals surface area contributed by atoms with E-state index < -0.39 is 38.6 Å². The highest BCUT2D eigenvalue weighted by atomic mass is 32.2. The summed E-state index contributed by atoms with van der Waals surface area (Å²) in [6.45, 7) is 15.5. The molecule has 5 aromatic rings. The van der Waals surface area contributed by atoms with Crippen LogP contribution in [-0.4, -0.2) is 48.7 Å². The van der Waals surface area contributed by atoms with Crippen LogP contribution >= 0.6 is 0 Å². The zero-order valence-corrected chi connectivity index (χ0v) is 34.5. The van der Waals surface area contributed by atoms with Crippen LogP contribution in [0.15, 0.2) is 150 Å². The molecule has 5 aromatic carbocycles. The van der Waals surface area contributed by atoms with E-state index in [-0.39, 0.29) is 28.0 Å². The molecule has 274 valence electrons. The highest BCUT2D eigenvalue weighted by Gasteiger charge is 2.51. The van der Waals surface area contributed by atoms with E-state index in [0.29, 0.717) is 6.04 Å². The minimum absolute atomic E-state index is 0.0663. The Hall–Kier alpha value is -3.64. The van der Waals surface area contributed by atoms with Crippen molar-refractivity contribution in [1.82, 2.24) is 4.72 Å². The molecular weight excluding hydrogens is 695 g/mol. The third-order valence-electron chi connectivity index (χ3n) is 10.5. The number of aryl methyl sites for hydroxylation is 1. The molecule has 0 spiro atoms. The van der Waals surface area contributed by atoms with Gasteiger partial charge >= 0.3 is 0 Å². The normalized spacial score (nSPS) is 14.2. The number of aliphatic hydroxyl groups excluding tert-OH is 1. The molecule has 0 aliphatic heterocycles. The van der Waals surface area contributed by atoms with E-state index >= 15 is 0 Å². The summed E-state index contributed by atoms with van der Waals surface area (Å²) in [7, 11) is -9.62. The van der Waals surface area contributed by atoms with Gasteiger partial charge in [0.1, 0.15) is 8.07 Å². The van der Waals surface area contributed by atoms with Crippen molar-refractivity contribution in [1.29, 1.82) is 0 Å². The number of rotatable bonds is 14. The molecule has 8 heteroatoms. The van der Waals surface area contributed by atoms with E-state index in [0.717, 1.165) is 15.9 Å². The third kappa shape index (κ3) is 8.43. The first-order valence-corrected chi connectivity index (χ1v) is 23.8. The van der Waals surface area contributed by atoms with Gasteiger partial charge in [-0.05, 0) is 52.0 Å². The summed E-state index contributed by atoms with van der Waals surface area (Å²) in [4.78, 5) is 0.212. The van der Waals surface area contributed by atoms with Crippen molar-refractivity contribution < 1.29 is 18.0 Å². The van der Waals surface area contributed by atoms with Gasteiger partial charge in [0.15, 0.2) is 0 Å². The lowest BCUT2D eigenvalue weighted by Gasteiger charge is -2.46. The monoisotopic (exact) mass is 749 g/mol. The molecule has 0 radical (unpaired) electrons. The molecular formula is C44H55NO4SSi2. The van der Waals surface area contributed by atoms with Gasteiger partial charge < -0.3 is 9.53 Å². The Morgan fingerprint density at radius 2 is 1.02 bits per heavy atom. The van der Waals surface area contributed by atoms with Gasteiger partial charge in [-0.3, -0.25) is 0 Å². The number of aliphatic hydroxyl groups is 1. The quantitative estimate of drug-likeness (QED) is 0.120. The largest absolute Gasteiger partial charge is 0.405 e. The maximum absolute atomic E-state index is 14.2. The van der Waals surface area contributed by atoms with Crippen molar-refractivity contribution in [2.24, 2.45) is 0 Å². The molecule has 0 aliphatic carbocycles. The Morgan fingerprint density at radius 3 is 1.40 bits per heavy atom. The van der Waals surface area contributed by atoms with E-state index in [4.69, 9.17) is 4.43 Å². The number of hydrogen-bond acceptors (Lipinski definition) is 4. The zero-order valence-electron chi connectivity index (χ0n) is 31.7. The average Bonchev–Trinajstić information content (AvgIpc) is 3.11. The maximum atomic E-state index is 14.2. The van der Waals surface area contributed by atoms with E-state index in [2.05, 4.69) is 119 Å². The Kier molecular flexibility index (Phi) is 12.3. The van der Waals surface area contributed by atoms with Crippen molar-refractivity contribution in [2.45, 2.75) is 88.0 Å². The second-order valence-corrected chi connectivity index (χ2v) is 27.0. The van der Waals surface area contributed by atoms with Gasteiger partial charge in [0.25, 0.3) is 8.32 Å². The standard InChI is InChI=1S/C44H55NO4SSi2/c1-35-28-30-38(31-29-35)50(47,48)45-36(34-51(43(2,3)4,39-20-12-8-13-21-39)40-22-14-9-15-23-40)32-37(46)33-49-52(44(5,6)7,41-24-16-10-17-25-41)42-26-18-11-19-27-42/h8-31,36-37,45-46H,32-34H2,1-7H3/t36-,37?/m1/s1. The Bertz CT molecular complexity index is 1880. The summed E-state index contributed by atoms with van der Waals surface area (Å²) in [5.41, 5.74) is 0.985. The molecule has 0 amide bonds. The summed E-state index contributed by atoms with van der Waals surface area (Å²) in [6, 6.07) is 48.8. The van der Waals surface area contributed by atoms with E-state index in [1.807, 2.05) is 67.6 Å². The molecule has 0 heterocycles. The van der Waals surface area contributed by atoms with Crippen LogP contribution in [0.1, 0.15) is 53.5 Å². The predicted octanol–water partition coefficient (Wildman–Crippen LogP) is 7.03. The maximum Gasteiger partial charge on any atom is 0.261 e. The molecule has 0 saturated carbocycles. The second-order valence-electron chi connectivity index (χ2n) is 16.1. The second kappa shape index (κ2) is 16.2. The first-order valence-electron chi connectivity index (χ1n) is 18.2. The van der Waals surface area contributed by atoms with Crippen molar-refractivity contribution in [3.8, 4) is 0 Å². The summed E-state index contributed by atoms with van der Waals surface area (Å²) in [6.07, 6.45) is -0.751. The smallest absolute Gasteiger partial charge is 0.261 e. The highest BCUT2D eigenvalue weighted by Crippen LogP contribution is 2.41.